The van der Waals surface area contributed by atoms with Gasteiger partial charge in [-0.15, -0.1) is 0 Å². The molecule has 0 aliphatic rings. The maximum atomic E-state index is 12.3. The molecule has 122 valence electrons. The fraction of sp³-hybridized carbons (Fsp3) is 0.278. The van der Waals surface area contributed by atoms with Gasteiger partial charge in [0.25, 0.3) is 5.91 Å². The summed E-state index contributed by atoms with van der Waals surface area (Å²) >= 11 is 2.23. The first-order chi connectivity index (χ1) is 11.1. The van der Waals surface area contributed by atoms with E-state index in [0.717, 1.165) is 9.13 Å². The van der Waals surface area contributed by atoms with Gasteiger partial charge in [-0.1, -0.05) is 12.1 Å². The van der Waals surface area contributed by atoms with Crippen LogP contribution in [0.2, 0.25) is 0 Å². The number of aryl methyl sites for hydroxylation is 1. The quantitative estimate of drug-likeness (QED) is 0.533. The van der Waals surface area contributed by atoms with Crippen LogP contribution >= 0.6 is 22.6 Å². The highest BCUT2D eigenvalue weighted by Gasteiger charge is 2.08. The summed E-state index contributed by atoms with van der Waals surface area (Å²) in [5.41, 5.74) is 2.51. The third kappa shape index (κ3) is 5.51. The van der Waals surface area contributed by atoms with Gasteiger partial charge in [-0.25, -0.2) is 0 Å². The highest BCUT2D eigenvalue weighted by atomic mass is 127. The van der Waals surface area contributed by atoms with E-state index in [0.29, 0.717) is 36.8 Å². The van der Waals surface area contributed by atoms with E-state index < -0.39 is 0 Å². The molecule has 1 amide bonds. The van der Waals surface area contributed by atoms with Crippen LogP contribution in [0, 0.1) is 10.5 Å². The molecule has 0 unspecified atom stereocenters. The van der Waals surface area contributed by atoms with E-state index in [9.17, 15) is 4.79 Å². The number of carbonyl (C=O) groups is 1. The van der Waals surface area contributed by atoms with Gasteiger partial charge in [0.1, 0.15) is 12.4 Å². The topological polar surface area (TPSA) is 47.6 Å². The number of benzene rings is 2. The van der Waals surface area contributed by atoms with E-state index >= 15 is 0 Å². The molecule has 0 bridgehead atoms. The van der Waals surface area contributed by atoms with Crippen LogP contribution in [-0.2, 0) is 4.74 Å². The van der Waals surface area contributed by atoms with Crippen molar-refractivity contribution < 1.29 is 14.3 Å². The van der Waals surface area contributed by atoms with Gasteiger partial charge in [0.2, 0.25) is 0 Å². The van der Waals surface area contributed by atoms with Gasteiger partial charge in [-0.3, -0.25) is 4.79 Å². The van der Waals surface area contributed by atoms with E-state index in [-0.39, 0.29) is 5.91 Å². The molecule has 0 aliphatic carbocycles. The molecule has 0 saturated carbocycles. The summed E-state index contributed by atoms with van der Waals surface area (Å²) in [6.45, 7) is 5.68. The van der Waals surface area contributed by atoms with E-state index in [2.05, 4.69) is 27.9 Å². The minimum Gasteiger partial charge on any atom is -0.491 e. The number of hydrogen-bond donors (Lipinski definition) is 1. The Labute approximate surface area is 150 Å². The van der Waals surface area contributed by atoms with Crippen LogP contribution in [-0.4, -0.2) is 25.7 Å². The number of halogens is 1. The number of amides is 1. The van der Waals surface area contributed by atoms with Gasteiger partial charge >= 0.3 is 0 Å². The molecule has 0 atom stereocenters. The maximum absolute atomic E-state index is 12.3. The van der Waals surface area contributed by atoms with Gasteiger partial charge in [0.15, 0.2) is 0 Å². The molecule has 0 fully saturated rings. The normalized spacial score (nSPS) is 10.4. The maximum Gasteiger partial charge on any atom is 0.255 e. The predicted octanol–water partition coefficient (Wildman–Crippen LogP) is 4.27. The third-order valence-corrected chi connectivity index (χ3v) is 4.39. The average molecular weight is 425 g/mol. The first kappa shape index (κ1) is 17.7. The lowest BCUT2D eigenvalue weighted by molar-refractivity contribution is 0.102. The van der Waals surface area contributed by atoms with Crippen molar-refractivity contribution in [3.05, 3.63) is 57.2 Å². The van der Waals surface area contributed by atoms with Crippen LogP contribution < -0.4 is 10.1 Å². The van der Waals surface area contributed by atoms with Gasteiger partial charge < -0.3 is 14.8 Å². The monoisotopic (exact) mass is 425 g/mol. The van der Waals surface area contributed by atoms with Crippen molar-refractivity contribution in [2.75, 3.05) is 25.1 Å². The van der Waals surface area contributed by atoms with Crippen molar-refractivity contribution in [2.24, 2.45) is 0 Å². The van der Waals surface area contributed by atoms with Crippen molar-refractivity contribution in [3.63, 3.8) is 0 Å². The molecule has 0 aliphatic heterocycles. The first-order valence-electron chi connectivity index (χ1n) is 7.48. The summed E-state index contributed by atoms with van der Waals surface area (Å²) in [6.07, 6.45) is 0. The number of rotatable bonds is 7. The molecule has 1 N–H and O–H groups in total. The fourth-order valence-electron chi connectivity index (χ4n) is 1.96. The third-order valence-electron chi connectivity index (χ3n) is 3.23. The summed E-state index contributed by atoms with van der Waals surface area (Å²) in [7, 11) is 0. The van der Waals surface area contributed by atoms with Crippen molar-refractivity contribution >= 4 is 34.2 Å². The lowest BCUT2D eigenvalue weighted by atomic mass is 10.1. The molecule has 2 aromatic rings. The zero-order valence-electron chi connectivity index (χ0n) is 13.3. The Balaban J connectivity index is 1.99. The molecule has 0 heterocycles. The van der Waals surface area contributed by atoms with Crippen molar-refractivity contribution in [3.8, 4) is 5.75 Å². The second kappa shape index (κ2) is 8.88. The Morgan fingerprint density at radius 1 is 1.17 bits per heavy atom. The summed E-state index contributed by atoms with van der Waals surface area (Å²) in [4.78, 5) is 12.3. The average Bonchev–Trinajstić information content (AvgIpc) is 2.54. The Hall–Kier alpha value is -1.60. The van der Waals surface area contributed by atoms with Gasteiger partial charge in [-0.2, -0.15) is 0 Å². The van der Waals surface area contributed by atoms with Gasteiger partial charge in [-0.05, 0) is 66.3 Å². The zero-order valence-corrected chi connectivity index (χ0v) is 15.4. The Kier molecular flexibility index (Phi) is 6.85. The second-order valence-corrected chi connectivity index (χ2v) is 6.15. The van der Waals surface area contributed by atoms with E-state index in [1.165, 1.54) is 0 Å². The highest BCUT2D eigenvalue weighted by Crippen LogP contribution is 2.19. The highest BCUT2D eigenvalue weighted by molar-refractivity contribution is 14.1. The van der Waals surface area contributed by atoms with E-state index in [1.807, 2.05) is 56.3 Å². The second-order valence-electron chi connectivity index (χ2n) is 4.99. The Morgan fingerprint density at radius 3 is 2.74 bits per heavy atom. The zero-order chi connectivity index (χ0) is 16.7. The predicted molar refractivity (Wildman–Crippen MR) is 100 cm³/mol. The largest absolute Gasteiger partial charge is 0.491 e. The summed E-state index contributed by atoms with van der Waals surface area (Å²) in [6, 6.07) is 13.0. The van der Waals surface area contributed by atoms with Crippen LogP contribution in [0.4, 0.5) is 5.69 Å². The molecule has 23 heavy (non-hydrogen) atoms. The van der Waals surface area contributed by atoms with Crippen LogP contribution in [0.3, 0.4) is 0 Å². The number of anilines is 1. The molecule has 0 aromatic heterocycles. The molecule has 0 spiro atoms. The molecule has 2 aromatic carbocycles. The molecule has 4 nitrogen and oxygen atoms in total. The molecular formula is C18H20INO3. The van der Waals surface area contributed by atoms with Crippen LogP contribution in [0.1, 0.15) is 22.8 Å². The molecular weight excluding hydrogens is 405 g/mol. The lowest BCUT2D eigenvalue weighted by Crippen LogP contribution is -2.12. The van der Waals surface area contributed by atoms with Gasteiger partial charge in [0.05, 0.1) is 6.61 Å². The number of ether oxygens (including phenoxy) is 2. The lowest BCUT2D eigenvalue weighted by Gasteiger charge is -2.10. The first-order valence-corrected chi connectivity index (χ1v) is 8.56. The summed E-state index contributed by atoms with van der Waals surface area (Å²) < 4.78 is 11.9. The Bertz CT molecular complexity index is 673. The van der Waals surface area contributed by atoms with Crippen molar-refractivity contribution in [1.29, 1.82) is 0 Å². The standard InChI is InChI=1S/C18H20INO3/c1-3-22-9-10-23-16-6-4-5-15(12-16)20-18(21)14-8-7-13(2)17(19)11-14/h4-8,11-12H,3,9-10H2,1-2H3,(H,20,21). The molecule has 5 heteroatoms. The number of nitrogens with one attached hydrogen (secondary N) is 1. The number of hydrogen-bond acceptors (Lipinski definition) is 3. The molecule has 0 radical (unpaired) electrons. The van der Waals surface area contributed by atoms with Crippen molar-refractivity contribution in [2.45, 2.75) is 13.8 Å². The smallest absolute Gasteiger partial charge is 0.255 e. The Morgan fingerprint density at radius 2 is 2.00 bits per heavy atom. The van der Waals surface area contributed by atoms with Crippen molar-refractivity contribution in [1.82, 2.24) is 0 Å². The minimum atomic E-state index is -0.130. The summed E-state index contributed by atoms with van der Waals surface area (Å²) in [5.74, 6) is 0.579. The molecule has 0 saturated heterocycles. The van der Waals surface area contributed by atoms with Crippen LogP contribution in [0.5, 0.6) is 5.75 Å². The molecule has 2 rings (SSSR count). The number of carbonyl (C=O) groups excluding carboxylic acids is 1. The SMILES string of the molecule is CCOCCOc1cccc(NC(=O)c2ccc(C)c(I)c2)c1. The van der Waals surface area contributed by atoms with E-state index in [4.69, 9.17) is 9.47 Å². The minimum absolute atomic E-state index is 0.130. The fourth-order valence-corrected chi connectivity index (χ4v) is 2.48. The van der Waals surface area contributed by atoms with Crippen LogP contribution in [0.15, 0.2) is 42.5 Å². The summed E-state index contributed by atoms with van der Waals surface area (Å²) in [5, 5.41) is 2.89. The van der Waals surface area contributed by atoms with Gasteiger partial charge in [0, 0.05) is 27.5 Å². The van der Waals surface area contributed by atoms with E-state index in [1.54, 1.807) is 0 Å². The van der Waals surface area contributed by atoms with Crippen LogP contribution in [0.25, 0.3) is 0 Å².